The van der Waals surface area contributed by atoms with Crippen molar-refractivity contribution in [3.63, 3.8) is 0 Å². The van der Waals surface area contributed by atoms with Crippen molar-refractivity contribution in [1.82, 2.24) is 0 Å². The van der Waals surface area contributed by atoms with Gasteiger partial charge in [-0.05, 0) is 6.42 Å². The van der Waals surface area contributed by atoms with Gasteiger partial charge in [-0.2, -0.15) is 0 Å². The van der Waals surface area contributed by atoms with Crippen LogP contribution in [0.2, 0.25) is 0 Å². The summed E-state index contributed by atoms with van der Waals surface area (Å²) in [5, 5.41) is 34.5. The van der Waals surface area contributed by atoms with E-state index in [0.717, 1.165) is 20.0 Å². The molecule has 0 aliphatic rings. The molecule has 0 aromatic heterocycles. The topological polar surface area (TPSA) is 164 Å². The van der Waals surface area contributed by atoms with Gasteiger partial charge in [-0.25, -0.2) is 8.42 Å². The Morgan fingerprint density at radius 1 is 0.743 bits per heavy atom. The molecule has 0 aliphatic carbocycles. The summed E-state index contributed by atoms with van der Waals surface area (Å²) < 4.78 is 31.6. The van der Waals surface area contributed by atoms with E-state index in [2.05, 4.69) is 11.1 Å². The summed E-state index contributed by atoms with van der Waals surface area (Å²) >= 11 is 0. The molecule has 0 saturated heterocycles. The van der Waals surface area contributed by atoms with Crippen LogP contribution in [0.1, 0.15) is 96.8 Å². The second kappa shape index (κ2) is 27.8. The molecule has 0 unspecified atom stereocenters. The van der Waals surface area contributed by atoms with Crippen LogP contribution in [0.3, 0.4) is 0 Å². The molecule has 0 rings (SSSR count). The van der Waals surface area contributed by atoms with E-state index in [1.807, 2.05) is 7.05 Å². The number of likely N-dealkylation sites (N-methyl/N-ethyl adjacent to an activating group) is 1. The number of hydrogen-bond acceptors (Lipinski definition) is 8. The lowest BCUT2D eigenvalue weighted by atomic mass is 10.0. The van der Waals surface area contributed by atoms with Crippen molar-refractivity contribution in [3.8, 4) is 0 Å². The van der Waals surface area contributed by atoms with Crippen molar-refractivity contribution in [2.24, 2.45) is 0 Å². The number of aliphatic hydroxyl groups is 3. The molecule has 0 radical (unpaired) electrons. The Balaban J connectivity index is -0.000000509. The lowest BCUT2D eigenvalue weighted by Crippen LogP contribution is -2.49. The number of aliphatic carboxylic acids is 1. The van der Waals surface area contributed by atoms with E-state index in [1.54, 1.807) is 0 Å². The van der Waals surface area contributed by atoms with Gasteiger partial charge in [0.2, 0.25) is 10.4 Å². The number of hydrogen-bond donors (Lipinski definition) is 4. The molecular formula is C24H53NO9S. The van der Waals surface area contributed by atoms with Gasteiger partial charge in [0, 0.05) is 6.42 Å². The van der Waals surface area contributed by atoms with Crippen molar-refractivity contribution < 1.29 is 46.9 Å². The summed E-state index contributed by atoms with van der Waals surface area (Å²) in [5.74, 6) is -0.655. The van der Waals surface area contributed by atoms with Crippen LogP contribution in [0.25, 0.3) is 0 Å². The predicted molar refractivity (Wildman–Crippen MR) is 137 cm³/mol. The fourth-order valence-corrected chi connectivity index (χ4v) is 3.35. The van der Waals surface area contributed by atoms with E-state index in [1.165, 1.54) is 70.6 Å². The van der Waals surface area contributed by atoms with Gasteiger partial charge in [0.25, 0.3) is 0 Å². The molecule has 0 heterocycles. The average Bonchev–Trinajstić information content (AvgIpc) is 2.77. The van der Waals surface area contributed by atoms with Crippen molar-refractivity contribution in [3.05, 3.63) is 0 Å². The molecule has 0 fully saturated rings. The summed E-state index contributed by atoms with van der Waals surface area (Å²) in [4.78, 5) is 10.3. The molecule has 214 valence electrons. The number of carbonyl (C=O) groups is 1. The molecule has 0 aromatic rings. The first-order chi connectivity index (χ1) is 16.5. The van der Waals surface area contributed by atoms with E-state index in [9.17, 15) is 17.8 Å². The maximum absolute atomic E-state index is 10.3. The van der Waals surface area contributed by atoms with Crippen molar-refractivity contribution in [1.29, 1.82) is 0 Å². The number of nitrogens with zero attached hydrogens (tertiary/aromatic N) is 1. The number of rotatable bonds is 21. The summed E-state index contributed by atoms with van der Waals surface area (Å²) in [7, 11) is -1.70. The van der Waals surface area contributed by atoms with Crippen molar-refractivity contribution in [2.75, 3.05) is 53.6 Å². The third-order valence-electron chi connectivity index (χ3n) is 5.62. The number of aliphatic hydroxyl groups excluding tert-OH is 3. The molecule has 0 aliphatic heterocycles. The first-order valence-electron chi connectivity index (χ1n) is 12.9. The van der Waals surface area contributed by atoms with Crippen LogP contribution in [0, 0.1) is 0 Å². The molecule has 0 spiro atoms. The summed E-state index contributed by atoms with van der Waals surface area (Å²) in [6.45, 7) is 4.29. The zero-order valence-electron chi connectivity index (χ0n) is 22.3. The van der Waals surface area contributed by atoms with E-state index in [0.29, 0.717) is 30.5 Å². The normalized spacial score (nSPS) is 11.3. The summed E-state index contributed by atoms with van der Waals surface area (Å²) in [6, 6.07) is 0. The van der Waals surface area contributed by atoms with E-state index in [4.69, 9.17) is 20.4 Å². The van der Waals surface area contributed by atoms with Gasteiger partial charge >= 0.3 is 5.97 Å². The van der Waals surface area contributed by atoms with Gasteiger partial charge < -0.3 is 29.5 Å². The van der Waals surface area contributed by atoms with E-state index in [-0.39, 0.29) is 19.8 Å². The molecule has 10 nitrogen and oxygen atoms in total. The zero-order valence-corrected chi connectivity index (χ0v) is 23.1. The van der Waals surface area contributed by atoms with Gasteiger partial charge in [-0.3, -0.25) is 8.98 Å². The highest BCUT2D eigenvalue weighted by atomic mass is 32.3. The summed E-state index contributed by atoms with van der Waals surface area (Å²) in [5.41, 5.74) is 0. The molecule has 0 atom stereocenters. The molecule has 4 N–H and O–H groups in total. The van der Waals surface area contributed by atoms with Gasteiger partial charge in [0.1, 0.15) is 19.6 Å². The van der Waals surface area contributed by atoms with Crippen molar-refractivity contribution in [2.45, 2.75) is 96.8 Å². The smallest absolute Gasteiger partial charge is 0.303 e. The maximum atomic E-state index is 10.3. The van der Waals surface area contributed by atoms with Gasteiger partial charge in [0.15, 0.2) is 0 Å². The first-order valence-corrected chi connectivity index (χ1v) is 14.2. The Morgan fingerprint density at radius 3 is 1.26 bits per heavy atom. The maximum Gasteiger partial charge on any atom is 0.303 e. The fourth-order valence-electron chi connectivity index (χ4n) is 3.35. The Morgan fingerprint density at radius 2 is 1.03 bits per heavy atom. The minimum absolute atomic E-state index is 0.0938. The van der Waals surface area contributed by atoms with E-state index >= 15 is 0 Å². The SMILES string of the molecule is CCCCCCCCCCCCCCCC(=O)O.COS(=O)(=O)[O-].C[N+](CCO)(CCO)CCO. The lowest BCUT2D eigenvalue weighted by molar-refractivity contribution is -0.910. The zero-order chi connectivity index (χ0) is 27.4. The van der Waals surface area contributed by atoms with Crippen LogP contribution >= 0.6 is 0 Å². The third-order valence-corrected chi connectivity index (χ3v) is 6.03. The van der Waals surface area contributed by atoms with Gasteiger partial charge in [0.05, 0.1) is 34.0 Å². The second-order valence-electron chi connectivity index (χ2n) is 8.92. The number of carboxylic acids is 1. The number of carboxylic acid groups (broad SMARTS) is 1. The Labute approximate surface area is 213 Å². The Kier molecular flexibility index (Phi) is 30.7. The second-order valence-corrected chi connectivity index (χ2v) is 10.1. The molecular weight excluding hydrogens is 478 g/mol. The van der Waals surface area contributed by atoms with Crippen LogP contribution in [0.15, 0.2) is 0 Å². The lowest BCUT2D eigenvalue weighted by Gasteiger charge is -2.32. The minimum atomic E-state index is -4.41. The fraction of sp³-hybridized carbons (Fsp3) is 0.958. The van der Waals surface area contributed by atoms with Crippen LogP contribution in [-0.4, -0.2) is 97.5 Å². The highest BCUT2D eigenvalue weighted by molar-refractivity contribution is 7.80. The standard InChI is InChI=1S/C16H32O2.C7H18NO3.CH4O4S/c1-2-3-4-5-6-7-8-9-10-11-12-13-14-15-16(17)18;1-8(2-5-9,3-6-10)4-7-11;1-5-6(2,3)4/h2-15H2,1H3,(H,17,18);9-11H,2-7H2,1H3;1H3,(H,2,3,4)/q;+1;/p-1. The molecule has 35 heavy (non-hydrogen) atoms. The Hall–Kier alpha value is -0.820. The number of unbranched alkanes of at least 4 members (excludes halogenated alkanes) is 12. The Bertz CT molecular complexity index is 528. The molecule has 0 amide bonds. The quantitative estimate of drug-likeness (QED) is 0.0754. The van der Waals surface area contributed by atoms with Crippen LogP contribution in [-0.2, 0) is 19.4 Å². The molecule has 0 bridgehead atoms. The monoisotopic (exact) mass is 531 g/mol. The molecule has 0 saturated carbocycles. The highest BCUT2D eigenvalue weighted by Crippen LogP contribution is 2.12. The van der Waals surface area contributed by atoms with Gasteiger partial charge in [-0.1, -0.05) is 84.0 Å². The first kappa shape index (κ1) is 38.7. The molecule has 0 aromatic carbocycles. The summed E-state index contributed by atoms with van der Waals surface area (Å²) in [6.07, 6.45) is 17.3. The average molecular weight is 532 g/mol. The molecule has 11 heteroatoms. The van der Waals surface area contributed by atoms with Gasteiger partial charge in [-0.15, -0.1) is 0 Å². The van der Waals surface area contributed by atoms with E-state index < -0.39 is 16.4 Å². The largest absolute Gasteiger partial charge is 0.726 e. The predicted octanol–water partition coefficient (Wildman–Crippen LogP) is 3.06. The van der Waals surface area contributed by atoms with Crippen molar-refractivity contribution >= 4 is 16.4 Å². The van der Waals surface area contributed by atoms with Crippen LogP contribution in [0.4, 0.5) is 0 Å². The van der Waals surface area contributed by atoms with Crippen LogP contribution < -0.4 is 0 Å². The number of quaternary nitrogens is 1. The third kappa shape index (κ3) is 37.9. The minimum Gasteiger partial charge on any atom is -0.726 e. The highest BCUT2D eigenvalue weighted by Gasteiger charge is 2.18. The van der Waals surface area contributed by atoms with Crippen LogP contribution in [0.5, 0.6) is 0 Å².